The molecule has 1 aromatic rings. The van der Waals surface area contributed by atoms with Gasteiger partial charge in [-0.3, -0.25) is 4.90 Å². The molecule has 1 atom stereocenters. The molecule has 1 N–H and O–H groups in total. The summed E-state index contributed by atoms with van der Waals surface area (Å²) >= 11 is 0. The third-order valence-corrected chi connectivity index (χ3v) is 4.45. The topological polar surface area (TPSA) is 15.3 Å². The molecule has 0 amide bonds. The maximum atomic E-state index is 3.56. The number of fused-ring (bicyclic) bond motifs is 1. The Balaban J connectivity index is 2.08. The van der Waals surface area contributed by atoms with E-state index in [4.69, 9.17) is 0 Å². The maximum Gasteiger partial charge on any atom is 0.0376 e. The molecule has 0 saturated heterocycles. The Morgan fingerprint density at radius 3 is 2.55 bits per heavy atom. The molecule has 20 heavy (non-hydrogen) atoms. The summed E-state index contributed by atoms with van der Waals surface area (Å²) < 4.78 is 0. The monoisotopic (exact) mass is 274 g/mol. The van der Waals surface area contributed by atoms with Crippen molar-refractivity contribution in [1.29, 1.82) is 0 Å². The van der Waals surface area contributed by atoms with Crippen LogP contribution in [0.2, 0.25) is 0 Å². The molecule has 112 valence electrons. The fourth-order valence-electron chi connectivity index (χ4n) is 3.45. The second-order valence-electron chi connectivity index (χ2n) is 6.48. The van der Waals surface area contributed by atoms with Gasteiger partial charge in [0, 0.05) is 37.3 Å². The molecule has 0 saturated carbocycles. The summed E-state index contributed by atoms with van der Waals surface area (Å²) in [5.74, 6) is 1.38. The van der Waals surface area contributed by atoms with Gasteiger partial charge in [-0.2, -0.15) is 0 Å². The fourth-order valence-corrected chi connectivity index (χ4v) is 3.45. The van der Waals surface area contributed by atoms with E-state index in [1.54, 1.807) is 0 Å². The summed E-state index contributed by atoms with van der Waals surface area (Å²) in [5.41, 5.74) is 2.85. The summed E-state index contributed by atoms with van der Waals surface area (Å²) in [6, 6.07) is 9.52. The fraction of sp³-hybridized carbons (Fsp3) is 0.667. The van der Waals surface area contributed by atoms with E-state index in [-0.39, 0.29) is 0 Å². The Labute approximate surface area is 124 Å². The van der Waals surface area contributed by atoms with Crippen molar-refractivity contribution in [3.63, 3.8) is 0 Å². The molecule has 1 aliphatic rings. The standard InChI is InChI=1S/C18H30N2/c1-5-16(6-2)20(12-14(3)4)13-15-11-19-18-10-8-7-9-17(15)18/h7-10,14-16,19H,5-6,11-13H2,1-4H3. The minimum absolute atomic E-state index is 0.644. The normalized spacial score (nSPS) is 17.9. The molecule has 1 heterocycles. The summed E-state index contributed by atoms with van der Waals surface area (Å²) in [4.78, 5) is 2.72. The van der Waals surface area contributed by atoms with Crippen LogP contribution in [-0.4, -0.2) is 30.6 Å². The van der Waals surface area contributed by atoms with Crippen molar-refractivity contribution in [1.82, 2.24) is 4.90 Å². The highest BCUT2D eigenvalue weighted by Gasteiger charge is 2.26. The Bertz CT molecular complexity index is 410. The SMILES string of the molecule is CCC(CC)N(CC(C)C)CC1CNc2ccccc21. The second kappa shape index (κ2) is 7.12. The lowest BCUT2D eigenvalue weighted by Crippen LogP contribution is -2.40. The maximum absolute atomic E-state index is 3.56. The van der Waals surface area contributed by atoms with E-state index >= 15 is 0 Å². The van der Waals surface area contributed by atoms with Crippen molar-refractivity contribution in [2.24, 2.45) is 5.92 Å². The van der Waals surface area contributed by atoms with E-state index < -0.39 is 0 Å². The first-order valence-corrected chi connectivity index (χ1v) is 8.22. The first-order chi connectivity index (χ1) is 9.65. The summed E-state index contributed by atoms with van der Waals surface area (Å²) in [5, 5.41) is 3.56. The van der Waals surface area contributed by atoms with Crippen LogP contribution in [0.1, 0.15) is 52.0 Å². The molecule has 0 radical (unpaired) electrons. The number of nitrogens with zero attached hydrogens (tertiary/aromatic N) is 1. The van der Waals surface area contributed by atoms with Crippen LogP contribution in [0.4, 0.5) is 5.69 Å². The quantitative estimate of drug-likeness (QED) is 0.795. The first kappa shape index (κ1) is 15.4. The molecular formula is C18H30N2. The van der Waals surface area contributed by atoms with E-state index in [1.807, 2.05) is 0 Å². The lowest BCUT2D eigenvalue weighted by atomic mass is 9.98. The Morgan fingerprint density at radius 2 is 1.90 bits per heavy atom. The predicted molar refractivity (Wildman–Crippen MR) is 88.5 cm³/mol. The largest absolute Gasteiger partial charge is 0.384 e. The number of nitrogens with one attached hydrogen (secondary N) is 1. The van der Waals surface area contributed by atoms with Gasteiger partial charge in [0.2, 0.25) is 0 Å². The van der Waals surface area contributed by atoms with Crippen LogP contribution in [0.5, 0.6) is 0 Å². The molecule has 0 aromatic heterocycles. The van der Waals surface area contributed by atoms with Crippen LogP contribution in [0, 0.1) is 5.92 Å². The second-order valence-corrected chi connectivity index (χ2v) is 6.48. The molecule has 0 fully saturated rings. The molecule has 0 aliphatic carbocycles. The van der Waals surface area contributed by atoms with Gasteiger partial charge >= 0.3 is 0 Å². The summed E-state index contributed by atoms with van der Waals surface area (Å²) in [6.45, 7) is 12.8. The lowest BCUT2D eigenvalue weighted by molar-refractivity contribution is 0.158. The van der Waals surface area contributed by atoms with Crippen molar-refractivity contribution in [3.8, 4) is 0 Å². The van der Waals surface area contributed by atoms with Gasteiger partial charge in [0.25, 0.3) is 0 Å². The van der Waals surface area contributed by atoms with Crippen LogP contribution in [0.3, 0.4) is 0 Å². The smallest absolute Gasteiger partial charge is 0.0376 e. The van der Waals surface area contributed by atoms with E-state index in [0.29, 0.717) is 5.92 Å². The highest BCUT2D eigenvalue weighted by atomic mass is 15.2. The van der Waals surface area contributed by atoms with Crippen LogP contribution in [0.15, 0.2) is 24.3 Å². The lowest BCUT2D eigenvalue weighted by Gasteiger charge is -2.34. The van der Waals surface area contributed by atoms with Crippen LogP contribution in [-0.2, 0) is 0 Å². The first-order valence-electron chi connectivity index (χ1n) is 8.22. The molecule has 2 rings (SSSR count). The Morgan fingerprint density at radius 1 is 1.20 bits per heavy atom. The van der Waals surface area contributed by atoms with Gasteiger partial charge in [0.05, 0.1) is 0 Å². The van der Waals surface area contributed by atoms with Crippen LogP contribution < -0.4 is 5.32 Å². The van der Waals surface area contributed by atoms with Crippen molar-refractivity contribution in [2.75, 3.05) is 25.0 Å². The number of benzene rings is 1. The number of anilines is 1. The number of para-hydroxylation sites is 1. The van der Waals surface area contributed by atoms with Gasteiger partial charge in [-0.25, -0.2) is 0 Å². The molecule has 0 bridgehead atoms. The number of rotatable bonds is 7. The minimum Gasteiger partial charge on any atom is -0.384 e. The van der Waals surface area contributed by atoms with Crippen LogP contribution in [0.25, 0.3) is 0 Å². The summed E-state index contributed by atoms with van der Waals surface area (Å²) in [6.07, 6.45) is 2.51. The predicted octanol–water partition coefficient (Wildman–Crippen LogP) is 4.34. The van der Waals surface area contributed by atoms with Gasteiger partial charge in [0.1, 0.15) is 0 Å². The highest BCUT2D eigenvalue weighted by Crippen LogP contribution is 2.32. The summed E-state index contributed by atoms with van der Waals surface area (Å²) in [7, 11) is 0. The highest BCUT2D eigenvalue weighted by molar-refractivity contribution is 5.57. The van der Waals surface area contributed by atoms with Crippen molar-refractivity contribution >= 4 is 5.69 Å². The molecular weight excluding hydrogens is 244 g/mol. The molecule has 1 aliphatic heterocycles. The third-order valence-electron chi connectivity index (χ3n) is 4.45. The average Bonchev–Trinajstić information content (AvgIpc) is 2.83. The van der Waals surface area contributed by atoms with Crippen molar-refractivity contribution in [3.05, 3.63) is 29.8 Å². The zero-order chi connectivity index (χ0) is 14.5. The average molecular weight is 274 g/mol. The third kappa shape index (κ3) is 3.54. The zero-order valence-corrected chi connectivity index (χ0v) is 13.5. The number of hydrogen-bond acceptors (Lipinski definition) is 2. The van der Waals surface area contributed by atoms with Gasteiger partial charge in [-0.1, -0.05) is 45.9 Å². The molecule has 0 spiro atoms. The molecule has 2 heteroatoms. The Kier molecular flexibility index (Phi) is 5.47. The number of hydrogen-bond donors (Lipinski definition) is 1. The van der Waals surface area contributed by atoms with Gasteiger partial charge in [-0.05, 0) is 30.4 Å². The van der Waals surface area contributed by atoms with E-state index in [9.17, 15) is 0 Å². The van der Waals surface area contributed by atoms with E-state index in [0.717, 1.165) is 18.5 Å². The van der Waals surface area contributed by atoms with Crippen molar-refractivity contribution in [2.45, 2.75) is 52.5 Å². The Hall–Kier alpha value is -1.02. The van der Waals surface area contributed by atoms with Crippen LogP contribution >= 0.6 is 0 Å². The van der Waals surface area contributed by atoms with Gasteiger partial charge < -0.3 is 5.32 Å². The molecule has 1 unspecified atom stereocenters. The minimum atomic E-state index is 0.644. The molecule has 1 aromatic carbocycles. The molecule has 2 nitrogen and oxygen atoms in total. The van der Waals surface area contributed by atoms with Gasteiger partial charge in [-0.15, -0.1) is 0 Å². The van der Waals surface area contributed by atoms with Gasteiger partial charge in [0.15, 0.2) is 0 Å². The van der Waals surface area contributed by atoms with E-state index in [2.05, 4.69) is 62.2 Å². The van der Waals surface area contributed by atoms with Crippen molar-refractivity contribution < 1.29 is 0 Å². The van der Waals surface area contributed by atoms with E-state index in [1.165, 1.54) is 37.2 Å². The zero-order valence-electron chi connectivity index (χ0n) is 13.5.